The molecule has 8 aromatic carbocycles. The van der Waals surface area contributed by atoms with Crippen LogP contribution in [-0.4, -0.2) is 34.9 Å². The molecule has 0 saturated heterocycles. The van der Waals surface area contributed by atoms with Gasteiger partial charge in [0.15, 0.2) is 5.78 Å². The molecule has 2 heterocycles. The van der Waals surface area contributed by atoms with Gasteiger partial charge in [0.25, 0.3) is 11.8 Å². The van der Waals surface area contributed by atoms with Crippen LogP contribution in [-0.2, 0) is 6.42 Å². The quantitative estimate of drug-likeness (QED) is 0.0830. The van der Waals surface area contributed by atoms with Gasteiger partial charge >= 0.3 is 0 Å². The first-order chi connectivity index (χ1) is 30.0. The van der Waals surface area contributed by atoms with E-state index in [1.165, 1.54) is 4.90 Å². The summed E-state index contributed by atoms with van der Waals surface area (Å²) in [5.74, 6) is -0.982. The molecule has 9 aromatic rings. The summed E-state index contributed by atoms with van der Waals surface area (Å²) < 4.78 is 2.02. The number of hydrogen-bond acceptors (Lipinski definition) is 4. The number of amides is 2. The molecule has 0 fully saturated rings. The highest BCUT2D eigenvalue weighted by Crippen LogP contribution is 2.45. The van der Waals surface area contributed by atoms with Crippen molar-refractivity contribution in [3.8, 4) is 27.9 Å². The lowest BCUT2D eigenvalue weighted by atomic mass is 9.92. The molecule has 0 unspecified atom stereocenters. The van der Waals surface area contributed by atoms with Crippen molar-refractivity contribution >= 4 is 50.8 Å². The van der Waals surface area contributed by atoms with Gasteiger partial charge in [-0.25, -0.2) is 4.90 Å². The summed E-state index contributed by atoms with van der Waals surface area (Å²) in [4.78, 5) is 51.4. The number of nitrogens with zero attached hydrogens (tertiary/aromatic N) is 3. The molecule has 292 valence electrons. The van der Waals surface area contributed by atoms with Gasteiger partial charge in [-0.1, -0.05) is 165 Å². The van der Waals surface area contributed by atoms with Crippen molar-refractivity contribution in [1.29, 1.82) is 0 Å². The number of ketones is 1. The Morgan fingerprint density at radius 1 is 0.525 bits per heavy atom. The highest BCUT2D eigenvalue weighted by molar-refractivity contribution is 6.37. The molecular weight excluding hydrogens is 751 g/mol. The number of benzene rings is 8. The smallest absolute Gasteiger partial charge is 0.268 e. The van der Waals surface area contributed by atoms with E-state index < -0.39 is 11.8 Å². The van der Waals surface area contributed by atoms with Crippen molar-refractivity contribution in [2.24, 2.45) is 4.99 Å². The van der Waals surface area contributed by atoms with E-state index in [1.807, 2.05) is 162 Å². The Hall–Kier alpha value is -7.96. The zero-order chi connectivity index (χ0) is 41.6. The van der Waals surface area contributed by atoms with Crippen molar-refractivity contribution in [3.63, 3.8) is 0 Å². The Bertz CT molecular complexity index is 3220. The number of aliphatic imine (C=N–C) groups is 1. The van der Waals surface area contributed by atoms with Crippen LogP contribution in [0, 0.1) is 0 Å². The molecule has 6 heteroatoms. The Labute approximate surface area is 353 Å². The second-order valence-electron chi connectivity index (χ2n) is 15.1. The monoisotopic (exact) mass is 789 g/mol. The molecule has 1 aliphatic rings. The number of rotatable bonds is 9. The molecule has 0 radical (unpaired) electrons. The second-order valence-corrected chi connectivity index (χ2v) is 15.1. The van der Waals surface area contributed by atoms with E-state index in [0.29, 0.717) is 40.0 Å². The summed E-state index contributed by atoms with van der Waals surface area (Å²) in [7, 11) is 1.78. The summed E-state index contributed by atoms with van der Waals surface area (Å²) in [6.07, 6.45) is 0.579. The highest BCUT2D eigenvalue weighted by atomic mass is 16.2. The van der Waals surface area contributed by atoms with Crippen molar-refractivity contribution in [2.45, 2.75) is 13.3 Å². The Morgan fingerprint density at radius 3 is 1.70 bits per heavy atom. The minimum absolute atomic E-state index is 0.153. The first-order valence-corrected chi connectivity index (χ1v) is 20.5. The molecule has 0 bridgehead atoms. The lowest BCUT2D eigenvalue weighted by Crippen LogP contribution is -2.31. The third-order valence-corrected chi connectivity index (χ3v) is 11.7. The number of aryl methyl sites for hydroxylation is 1. The van der Waals surface area contributed by atoms with E-state index in [-0.39, 0.29) is 11.3 Å². The van der Waals surface area contributed by atoms with Crippen LogP contribution in [0.5, 0.6) is 0 Å². The zero-order valence-electron chi connectivity index (χ0n) is 33.7. The first kappa shape index (κ1) is 37.3. The van der Waals surface area contributed by atoms with Crippen molar-refractivity contribution in [2.75, 3.05) is 11.9 Å². The summed E-state index contributed by atoms with van der Waals surface area (Å²) in [6, 6.07) is 60.8. The molecule has 0 N–H and O–H groups in total. The SMILES string of the molecule is CCc1cc(-c2ccccc2)cc(-c2ccccc2)c1N1C(=O)c2cccc(-n3c4c(C(=O)c5ccccc5)cccc4c4cccc(C(=NC)c5ccccc5)c43)c2C1=O. The van der Waals surface area contributed by atoms with Crippen LogP contribution in [0.1, 0.15) is 60.3 Å². The second kappa shape index (κ2) is 15.3. The summed E-state index contributed by atoms with van der Waals surface area (Å²) in [6.45, 7) is 2.05. The normalized spacial score (nSPS) is 12.7. The van der Waals surface area contributed by atoms with E-state index in [2.05, 4.69) is 31.2 Å². The molecule has 10 rings (SSSR count). The average molecular weight is 790 g/mol. The largest absolute Gasteiger partial charge is 0.307 e. The summed E-state index contributed by atoms with van der Waals surface area (Å²) in [5, 5.41) is 1.72. The number of carbonyl (C=O) groups is 3. The third kappa shape index (κ3) is 6.11. The van der Waals surface area contributed by atoms with Crippen molar-refractivity contribution < 1.29 is 14.4 Å². The molecule has 0 aliphatic carbocycles. The van der Waals surface area contributed by atoms with Crippen molar-refractivity contribution in [3.05, 3.63) is 227 Å². The highest BCUT2D eigenvalue weighted by Gasteiger charge is 2.42. The minimum Gasteiger partial charge on any atom is -0.307 e. The number of hydrogen-bond donors (Lipinski definition) is 0. The Balaban J connectivity index is 1.26. The molecule has 61 heavy (non-hydrogen) atoms. The van der Waals surface area contributed by atoms with Crippen LogP contribution < -0.4 is 4.90 Å². The standard InChI is InChI=1S/C55H39N3O3/c1-3-35-33-40(36-19-8-4-9-20-36)34-46(37-21-10-5-11-22-37)50(35)58-54(60)43-29-18-32-47(48(43)55(58)61)57-51-41(27-16-30-44(51)49(56-2)38-23-12-6-13-24-38)42-28-17-31-45(52(42)57)53(59)39-25-14-7-15-26-39/h4-34H,3H2,1-2H3. The fourth-order valence-electron chi connectivity index (χ4n) is 9.00. The van der Waals surface area contributed by atoms with E-state index >= 15 is 9.59 Å². The molecule has 0 saturated carbocycles. The van der Waals surface area contributed by atoms with Crippen LogP contribution in [0.25, 0.3) is 49.7 Å². The van der Waals surface area contributed by atoms with Crippen LogP contribution in [0.15, 0.2) is 193 Å². The zero-order valence-corrected chi connectivity index (χ0v) is 33.7. The third-order valence-electron chi connectivity index (χ3n) is 11.7. The topological polar surface area (TPSA) is 71.7 Å². The van der Waals surface area contributed by atoms with Gasteiger partial charge in [-0.05, 0) is 59.0 Å². The fraction of sp³-hybridized carbons (Fsp3) is 0.0545. The average Bonchev–Trinajstić information content (AvgIpc) is 3.80. The molecule has 6 nitrogen and oxygen atoms in total. The maximum absolute atomic E-state index is 15.5. The van der Waals surface area contributed by atoms with Crippen LogP contribution in [0.2, 0.25) is 0 Å². The number of anilines is 1. The fourth-order valence-corrected chi connectivity index (χ4v) is 9.00. The van der Waals surface area contributed by atoms with Gasteiger partial charge in [0.1, 0.15) is 0 Å². The van der Waals surface area contributed by atoms with E-state index in [4.69, 9.17) is 4.99 Å². The number of fused-ring (bicyclic) bond motifs is 4. The van der Waals surface area contributed by atoms with E-state index in [9.17, 15) is 4.79 Å². The predicted molar refractivity (Wildman–Crippen MR) is 246 cm³/mol. The van der Waals surface area contributed by atoms with Gasteiger partial charge in [-0.15, -0.1) is 0 Å². The van der Waals surface area contributed by atoms with E-state index in [0.717, 1.165) is 60.9 Å². The lowest BCUT2D eigenvalue weighted by Gasteiger charge is -2.24. The molecule has 2 amide bonds. The molecular formula is C55H39N3O3. The summed E-state index contributed by atoms with van der Waals surface area (Å²) >= 11 is 0. The predicted octanol–water partition coefficient (Wildman–Crippen LogP) is 12.2. The lowest BCUT2D eigenvalue weighted by molar-refractivity contribution is 0.0925. The van der Waals surface area contributed by atoms with Gasteiger partial charge in [0.2, 0.25) is 0 Å². The number of carbonyl (C=O) groups excluding carboxylic acids is 3. The Kier molecular flexibility index (Phi) is 9.38. The number of aromatic nitrogens is 1. The van der Waals surface area contributed by atoms with Crippen LogP contribution in [0.3, 0.4) is 0 Å². The van der Waals surface area contributed by atoms with Crippen LogP contribution >= 0.6 is 0 Å². The van der Waals surface area contributed by atoms with Gasteiger partial charge in [-0.2, -0.15) is 0 Å². The van der Waals surface area contributed by atoms with Gasteiger partial charge in [0.05, 0.1) is 39.2 Å². The number of imide groups is 1. The van der Waals surface area contributed by atoms with Gasteiger partial charge < -0.3 is 4.57 Å². The minimum atomic E-state index is -0.429. The molecule has 0 atom stereocenters. The van der Waals surface area contributed by atoms with Crippen LogP contribution in [0.4, 0.5) is 5.69 Å². The number of para-hydroxylation sites is 2. The first-order valence-electron chi connectivity index (χ1n) is 20.5. The maximum Gasteiger partial charge on any atom is 0.268 e. The van der Waals surface area contributed by atoms with Gasteiger partial charge in [0, 0.05) is 45.6 Å². The maximum atomic E-state index is 15.5. The summed E-state index contributed by atoms with van der Waals surface area (Å²) in [5.41, 5.74) is 11.2. The van der Waals surface area contributed by atoms with Gasteiger partial charge in [-0.3, -0.25) is 19.4 Å². The molecule has 1 aromatic heterocycles. The molecule has 0 spiro atoms. The molecule has 1 aliphatic heterocycles. The Morgan fingerprint density at radius 2 is 1.08 bits per heavy atom. The van der Waals surface area contributed by atoms with Crippen molar-refractivity contribution in [1.82, 2.24) is 4.57 Å². The van der Waals surface area contributed by atoms with E-state index in [1.54, 1.807) is 13.1 Å².